The zero-order valence-electron chi connectivity index (χ0n) is 12.0. The van der Waals surface area contributed by atoms with Gasteiger partial charge in [-0.3, -0.25) is 4.79 Å². The summed E-state index contributed by atoms with van der Waals surface area (Å²) in [5, 5.41) is 6.27. The van der Waals surface area contributed by atoms with Gasteiger partial charge >= 0.3 is 0 Å². The molecule has 1 amide bonds. The fourth-order valence-corrected chi connectivity index (χ4v) is 2.39. The van der Waals surface area contributed by atoms with Gasteiger partial charge in [0.1, 0.15) is 0 Å². The average Bonchev–Trinajstić information content (AvgIpc) is 2.67. The van der Waals surface area contributed by atoms with Crippen LogP contribution in [0.2, 0.25) is 0 Å². The van der Waals surface area contributed by atoms with Crippen molar-refractivity contribution in [2.75, 3.05) is 17.2 Å². The van der Waals surface area contributed by atoms with Gasteiger partial charge in [-0.25, -0.2) is 0 Å². The Balaban J connectivity index is 1.91. The number of amides is 1. The molecule has 21 heavy (non-hydrogen) atoms. The molecule has 3 heteroatoms. The number of carbonyl (C=O) groups is 1. The highest BCUT2D eigenvalue weighted by atomic mass is 16.1. The van der Waals surface area contributed by atoms with Crippen LogP contribution in [-0.4, -0.2) is 12.5 Å². The van der Waals surface area contributed by atoms with Gasteiger partial charge in [-0.2, -0.15) is 0 Å². The molecule has 0 unspecified atom stereocenters. The third-order valence-corrected chi connectivity index (χ3v) is 3.56. The number of hydrogen-bond acceptors (Lipinski definition) is 2. The van der Waals surface area contributed by atoms with E-state index in [0.717, 1.165) is 22.5 Å². The Morgan fingerprint density at radius 2 is 1.86 bits per heavy atom. The maximum atomic E-state index is 11.6. The van der Waals surface area contributed by atoms with E-state index in [4.69, 9.17) is 0 Å². The second kappa shape index (κ2) is 5.83. The van der Waals surface area contributed by atoms with Crippen LogP contribution >= 0.6 is 0 Å². The molecule has 0 spiro atoms. The van der Waals surface area contributed by atoms with E-state index >= 15 is 0 Å². The highest BCUT2D eigenvalue weighted by molar-refractivity contribution is 5.98. The minimum Gasteiger partial charge on any atom is -0.382 e. The van der Waals surface area contributed by atoms with Gasteiger partial charge in [-0.1, -0.05) is 54.1 Å². The van der Waals surface area contributed by atoms with Crippen LogP contribution in [0.15, 0.2) is 42.5 Å². The summed E-state index contributed by atoms with van der Waals surface area (Å²) in [5.74, 6) is 0.0564. The van der Waals surface area contributed by atoms with Crippen molar-refractivity contribution in [3.8, 4) is 0 Å². The predicted octanol–water partition coefficient (Wildman–Crippen LogP) is 3.92. The summed E-state index contributed by atoms with van der Waals surface area (Å²) < 4.78 is 0. The zero-order valence-corrected chi connectivity index (χ0v) is 12.0. The molecule has 0 fully saturated rings. The maximum absolute atomic E-state index is 11.6. The first-order chi connectivity index (χ1) is 10.2. The van der Waals surface area contributed by atoms with Gasteiger partial charge in [-0.15, -0.1) is 0 Å². The molecule has 2 aromatic rings. The summed E-state index contributed by atoms with van der Waals surface area (Å²) in [6.07, 6.45) is 4.66. The first-order valence-corrected chi connectivity index (χ1v) is 7.14. The number of nitrogens with one attached hydrogen (secondary N) is 2. The van der Waals surface area contributed by atoms with Gasteiger partial charge in [0.2, 0.25) is 5.91 Å². The maximum Gasteiger partial charge on any atom is 0.226 e. The van der Waals surface area contributed by atoms with Gasteiger partial charge in [0.15, 0.2) is 0 Å². The smallest absolute Gasteiger partial charge is 0.226 e. The molecule has 1 aliphatic rings. The fraction of sp³-hybridized carbons (Fsp3) is 0.167. The van der Waals surface area contributed by atoms with Gasteiger partial charge < -0.3 is 10.6 Å². The highest BCUT2D eigenvalue weighted by Crippen LogP contribution is 2.29. The Morgan fingerprint density at radius 1 is 1.05 bits per heavy atom. The Morgan fingerprint density at radius 3 is 2.67 bits per heavy atom. The van der Waals surface area contributed by atoms with Gasteiger partial charge in [0.25, 0.3) is 0 Å². The van der Waals surface area contributed by atoms with Crippen LogP contribution in [0.1, 0.15) is 23.1 Å². The lowest BCUT2D eigenvalue weighted by molar-refractivity contribution is -0.115. The highest BCUT2D eigenvalue weighted by Gasteiger charge is 2.13. The van der Waals surface area contributed by atoms with E-state index in [9.17, 15) is 4.79 Å². The molecule has 0 saturated carbocycles. The number of benzene rings is 2. The van der Waals surface area contributed by atoms with E-state index in [0.29, 0.717) is 13.0 Å². The quantitative estimate of drug-likeness (QED) is 0.817. The molecule has 1 heterocycles. The lowest BCUT2D eigenvalue weighted by Crippen LogP contribution is -2.10. The van der Waals surface area contributed by atoms with Crippen LogP contribution in [0.4, 0.5) is 11.4 Å². The molecular formula is C18H18N2O. The Hall–Kier alpha value is -2.55. The number of fused-ring (bicyclic) bond motifs is 1. The third kappa shape index (κ3) is 3.14. The van der Waals surface area contributed by atoms with Crippen molar-refractivity contribution in [1.29, 1.82) is 0 Å². The average molecular weight is 278 g/mol. The van der Waals surface area contributed by atoms with Crippen molar-refractivity contribution in [2.45, 2.75) is 13.3 Å². The van der Waals surface area contributed by atoms with Crippen LogP contribution in [0.25, 0.3) is 12.2 Å². The minimum atomic E-state index is 0.0564. The molecule has 106 valence electrons. The first-order valence-electron chi connectivity index (χ1n) is 7.14. The van der Waals surface area contributed by atoms with Crippen molar-refractivity contribution in [2.24, 2.45) is 0 Å². The zero-order chi connectivity index (χ0) is 14.7. The molecular weight excluding hydrogens is 260 g/mol. The van der Waals surface area contributed by atoms with Crippen molar-refractivity contribution < 1.29 is 4.79 Å². The van der Waals surface area contributed by atoms with E-state index in [1.807, 2.05) is 18.2 Å². The van der Waals surface area contributed by atoms with Crippen LogP contribution in [0.3, 0.4) is 0 Å². The normalized spacial score (nSPS) is 14.2. The molecule has 0 saturated heterocycles. The Labute approximate surface area is 124 Å². The molecule has 1 aliphatic heterocycles. The Kier molecular flexibility index (Phi) is 3.73. The molecule has 2 N–H and O–H groups in total. The summed E-state index contributed by atoms with van der Waals surface area (Å²) in [6.45, 7) is 2.74. The first kappa shape index (κ1) is 13.4. The van der Waals surface area contributed by atoms with Crippen molar-refractivity contribution in [3.05, 3.63) is 59.2 Å². The van der Waals surface area contributed by atoms with E-state index in [-0.39, 0.29) is 5.91 Å². The number of para-hydroxylation sites is 1. The number of rotatable bonds is 2. The van der Waals surface area contributed by atoms with Crippen molar-refractivity contribution >= 4 is 29.4 Å². The van der Waals surface area contributed by atoms with Gasteiger partial charge in [0, 0.05) is 13.0 Å². The van der Waals surface area contributed by atoms with Gasteiger partial charge in [-0.05, 0) is 24.1 Å². The molecule has 0 bridgehead atoms. The second-order valence-corrected chi connectivity index (χ2v) is 5.24. The van der Waals surface area contributed by atoms with Crippen LogP contribution in [0, 0.1) is 6.92 Å². The number of hydrogen-bond donors (Lipinski definition) is 2. The summed E-state index contributed by atoms with van der Waals surface area (Å²) >= 11 is 0. The van der Waals surface area contributed by atoms with Crippen molar-refractivity contribution in [3.63, 3.8) is 0 Å². The SMILES string of the molecule is Cc1ccc(/C=C/c2cccc3c2NCCC(=O)N3)cc1. The number of anilines is 2. The lowest BCUT2D eigenvalue weighted by Gasteiger charge is -2.10. The number of carbonyl (C=O) groups excluding carboxylic acids is 1. The molecule has 3 nitrogen and oxygen atoms in total. The van der Waals surface area contributed by atoms with E-state index < -0.39 is 0 Å². The summed E-state index contributed by atoms with van der Waals surface area (Å²) in [5.41, 5.74) is 5.34. The lowest BCUT2D eigenvalue weighted by atomic mass is 10.1. The second-order valence-electron chi connectivity index (χ2n) is 5.24. The van der Waals surface area contributed by atoms with Crippen molar-refractivity contribution in [1.82, 2.24) is 0 Å². The van der Waals surface area contributed by atoms with E-state index in [2.05, 4.69) is 54.0 Å². The van der Waals surface area contributed by atoms with Crippen LogP contribution < -0.4 is 10.6 Å². The molecule has 3 rings (SSSR count). The largest absolute Gasteiger partial charge is 0.382 e. The van der Waals surface area contributed by atoms with Crippen LogP contribution in [0.5, 0.6) is 0 Å². The summed E-state index contributed by atoms with van der Waals surface area (Å²) in [6, 6.07) is 14.3. The van der Waals surface area contributed by atoms with Crippen LogP contribution in [-0.2, 0) is 4.79 Å². The number of aryl methyl sites for hydroxylation is 1. The topological polar surface area (TPSA) is 41.1 Å². The predicted molar refractivity (Wildman–Crippen MR) is 88.3 cm³/mol. The molecule has 0 aromatic heterocycles. The minimum absolute atomic E-state index is 0.0564. The standard InChI is InChI=1S/C18H18N2O/c1-13-5-7-14(8-6-13)9-10-15-3-2-4-16-18(15)19-12-11-17(21)20-16/h2-10,19H,11-12H2,1H3,(H,20,21)/b10-9+. The monoisotopic (exact) mass is 278 g/mol. The molecule has 0 atom stereocenters. The Bertz CT molecular complexity index is 687. The molecule has 2 aromatic carbocycles. The van der Waals surface area contributed by atoms with E-state index in [1.165, 1.54) is 5.56 Å². The summed E-state index contributed by atoms with van der Waals surface area (Å²) in [7, 11) is 0. The third-order valence-electron chi connectivity index (χ3n) is 3.56. The fourth-order valence-electron chi connectivity index (χ4n) is 2.39. The van der Waals surface area contributed by atoms with Gasteiger partial charge in [0.05, 0.1) is 11.4 Å². The molecule has 0 radical (unpaired) electrons. The molecule has 0 aliphatic carbocycles. The summed E-state index contributed by atoms with van der Waals surface area (Å²) in [4.78, 5) is 11.6. The van der Waals surface area contributed by atoms with E-state index in [1.54, 1.807) is 0 Å².